The monoisotopic (exact) mass is 179 g/mol. The van der Waals surface area contributed by atoms with Gasteiger partial charge >= 0.3 is 0 Å². The summed E-state index contributed by atoms with van der Waals surface area (Å²) in [6, 6.07) is 0. The minimum Gasteiger partial charge on any atom is -0.229 e. The van der Waals surface area contributed by atoms with Crippen LogP contribution in [0.25, 0.3) is 0 Å². The zero-order chi connectivity index (χ0) is 9.28. The van der Waals surface area contributed by atoms with E-state index in [2.05, 4.69) is 0 Å². The van der Waals surface area contributed by atoms with Crippen molar-refractivity contribution in [2.75, 3.05) is 5.75 Å². The van der Waals surface area contributed by atoms with E-state index in [1.165, 1.54) is 0 Å². The van der Waals surface area contributed by atoms with Crippen LogP contribution in [0, 0.1) is 11.3 Å². The minimum atomic E-state index is -3.33. The normalized spacial score (nSPS) is 14.0. The van der Waals surface area contributed by atoms with Crippen LogP contribution in [0.15, 0.2) is 0 Å². The molecule has 0 radical (unpaired) electrons. The van der Waals surface area contributed by atoms with Crippen LogP contribution in [0.1, 0.15) is 27.7 Å². The first-order valence-electron chi connectivity index (χ1n) is 3.65. The SMILES string of the molecule is CC(C)C(C)(C)CS(N)(=O)=O. The van der Waals surface area contributed by atoms with E-state index in [-0.39, 0.29) is 11.2 Å². The summed E-state index contributed by atoms with van der Waals surface area (Å²) in [5.41, 5.74) is -0.229. The van der Waals surface area contributed by atoms with Crippen LogP contribution in [0.3, 0.4) is 0 Å². The molecule has 0 aromatic heterocycles. The molecule has 0 aromatic carbocycles. The molecule has 3 nitrogen and oxygen atoms in total. The molecule has 0 atom stereocenters. The molecule has 2 N–H and O–H groups in total. The maximum atomic E-state index is 10.7. The van der Waals surface area contributed by atoms with E-state index in [0.29, 0.717) is 5.92 Å². The second kappa shape index (κ2) is 3.11. The second-order valence-corrected chi connectivity index (χ2v) is 5.56. The molecule has 0 aromatic rings. The Kier molecular flexibility index (Phi) is 3.08. The van der Waals surface area contributed by atoms with E-state index in [1.807, 2.05) is 27.7 Å². The quantitative estimate of drug-likeness (QED) is 0.701. The van der Waals surface area contributed by atoms with Gasteiger partial charge in [0.05, 0.1) is 5.75 Å². The van der Waals surface area contributed by atoms with Crippen molar-refractivity contribution < 1.29 is 8.42 Å². The summed E-state index contributed by atoms with van der Waals surface area (Å²) in [4.78, 5) is 0. The molecule has 0 spiro atoms. The molecule has 0 fully saturated rings. The fourth-order valence-corrected chi connectivity index (χ4v) is 2.06. The second-order valence-electron chi connectivity index (χ2n) is 3.95. The molecule has 0 bridgehead atoms. The Balaban J connectivity index is 4.38. The zero-order valence-corrected chi connectivity index (χ0v) is 8.40. The van der Waals surface area contributed by atoms with Crippen LogP contribution < -0.4 is 5.14 Å². The maximum absolute atomic E-state index is 10.7. The highest BCUT2D eigenvalue weighted by atomic mass is 32.2. The molecule has 0 saturated carbocycles. The number of hydrogen-bond donors (Lipinski definition) is 1. The van der Waals surface area contributed by atoms with Crippen molar-refractivity contribution in [1.82, 2.24) is 0 Å². The van der Waals surface area contributed by atoms with Crippen molar-refractivity contribution in [3.8, 4) is 0 Å². The van der Waals surface area contributed by atoms with Crippen LogP contribution >= 0.6 is 0 Å². The molecule has 0 aliphatic carbocycles. The third-order valence-electron chi connectivity index (χ3n) is 2.14. The predicted octanol–water partition coefficient (Wildman–Crippen LogP) is 0.957. The number of hydrogen-bond acceptors (Lipinski definition) is 2. The predicted molar refractivity (Wildman–Crippen MR) is 46.6 cm³/mol. The number of primary sulfonamides is 1. The number of sulfonamides is 1. The minimum absolute atomic E-state index is 0.0532. The molecule has 0 unspecified atom stereocenters. The Morgan fingerprint density at radius 3 is 1.82 bits per heavy atom. The van der Waals surface area contributed by atoms with Crippen molar-refractivity contribution in [1.29, 1.82) is 0 Å². The van der Waals surface area contributed by atoms with Crippen molar-refractivity contribution in [3.05, 3.63) is 0 Å². The highest BCUT2D eigenvalue weighted by Crippen LogP contribution is 2.26. The van der Waals surface area contributed by atoms with Gasteiger partial charge in [0.15, 0.2) is 0 Å². The van der Waals surface area contributed by atoms with Crippen LogP contribution in [0.5, 0.6) is 0 Å². The van der Waals surface area contributed by atoms with Gasteiger partial charge in [-0.3, -0.25) is 0 Å². The lowest BCUT2D eigenvalue weighted by Crippen LogP contribution is -2.32. The first-order chi connectivity index (χ1) is 4.65. The molecular formula is C7H17NO2S. The van der Waals surface area contributed by atoms with Gasteiger partial charge in [-0.1, -0.05) is 27.7 Å². The highest BCUT2D eigenvalue weighted by Gasteiger charge is 2.27. The summed E-state index contributed by atoms with van der Waals surface area (Å²) >= 11 is 0. The Labute approximate surface area is 69.0 Å². The van der Waals surface area contributed by atoms with E-state index in [0.717, 1.165) is 0 Å². The molecule has 4 heteroatoms. The number of rotatable bonds is 3. The molecule has 0 aliphatic rings. The molecule has 0 amide bonds. The topological polar surface area (TPSA) is 60.2 Å². The summed E-state index contributed by atoms with van der Waals surface area (Å²) in [5, 5.41) is 4.93. The fraction of sp³-hybridized carbons (Fsp3) is 1.00. The number of nitrogens with two attached hydrogens (primary N) is 1. The fourth-order valence-electron chi connectivity index (χ4n) is 0.685. The van der Waals surface area contributed by atoms with Crippen LogP contribution in [0.2, 0.25) is 0 Å². The van der Waals surface area contributed by atoms with E-state index >= 15 is 0 Å². The Bertz CT molecular complexity index is 217. The van der Waals surface area contributed by atoms with Crippen LogP contribution in [0.4, 0.5) is 0 Å². The van der Waals surface area contributed by atoms with Crippen LogP contribution in [-0.4, -0.2) is 14.2 Å². The van der Waals surface area contributed by atoms with Crippen molar-refractivity contribution in [3.63, 3.8) is 0 Å². The third kappa shape index (κ3) is 4.37. The zero-order valence-electron chi connectivity index (χ0n) is 7.59. The lowest BCUT2D eigenvalue weighted by Gasteiger charge is -2.27. The van der Waals surface area contributed by atoms with E-state index < -0.39 is 10.0 Å². The summed E-state index contributed by atoms with van der Waals surface area (Å²) in [6.45, 7) is 7.79. The van der Waals surface area contributed by atoms with Gasteiger partial charge in [-0.2, -0.15) is 0 Å². The molecular weight excluding hydrogens is 162 g/mol. The standard InChI is InChI=1S/C7H17NO2S/c1-6(2)7(3,4)5-11(8,9)10/h6H,5H2,1-4H3,(H2,8,9,10). The van der Waals surface area contributed by atoms with Gasteiger partial charge in [-0.25, -0.2) is 13.6 Å². The molecule has 0 saturated heterocycles. The van der Waals surface area contributed by atoms with Crippen molar-refractivity contribution >= 4 is 10.0 Å². The smallest absolute Gasteiger partial charge is 0.209 e. The first-order valence-corrected chi connectivity index (χ1v) is 5.37. The van der Waals surface area contributed by atoms with E-state index in [9.17, 15) is 8.42 Å². The first kappa shape index (κ1) is 10.9. The average Bonchev–Trinajstić information content (AvgIpc) is 1.56. The molecule has 11 heavy (non-hydrogen) atoms. The van der Waals surface area contributed by atoms with Gasteiger partial charge in [0.1, 0.15) is 0 Å². The molecule has 68 valence electrons. The van der Waals surface area contributed by atoms with E-state index in [4.69, 9.17) is 5.14 Å². The van der Waals surface area contributed by atoms with Gasteiger partial charge < -0.3 is 0 Å². The summed E-state index contributed by atoms with van der Waals surface area (Å²) in [7, 11) is -3.33. The summed E-state index contributed by atoms with van der Waals surface area (Å²) in [5.74, 6) is 0.373. The molecule has 0 heterocycles. The lowest BCUT2D eigenvalue weighted by molar-refractivity contribution is 0.286. The van der Waals surface area contributed by atoms with Crippen LogP contribution in [-0.2, 0) is 10.0 Å². The summed E-state index contributed by atoms with van der Waals surface area (Å²) in [6.07, 6.45) is 0. The Hall–Kier alpha value is -0.0900. The third-order valence-corrected chi connectivity index (χ3v) is 3.28. The summed E-state index contributed by atoms with van der Waals surface area (Å²) < 4.78 is 21.5. The highest BCUT2D eigenvalue weighted by molar-refractivity contribution is 7.89. The Morgan fingerprint density at radius 1 is 1.36 bits per heavy atom. The Morgan fingerprint density at radius 2 is 1.73 bits per heavy atom. The molecule has 0 rings (SSSR count). The maximum Gasteiger partial charge on any atom is 0.209 e. The van der Waals surface area contributed by atoms with Gasteiger partial charge in [0, 0.05) is 0 Å². The largest absolute Gasteiger partial charge is 0.229 e. The van der Waals surface area contributed by atoms with Gasteiger partial charge in [0.2, 0.25) is 10.0 Å². The van der Waals surface area contributed by atoms with Crippen molar-refractivity contribution in [2.45, 2.75) is 27.7 Å². The van der Waals surface area contributed by atoms with Gasteiger partial charge in [-0.15, -0.1) is 0 Å². The van der Waals surface area contributed by atoms with Crippen molar-refractivity contribution in [2.24, 2.45) is 16.5 Å². The van der Waals surface area contributed by atoms with E-state index in [1.54, 1.807) is 0 Å². The average molecular weight is 179 g/mol. The molecule has 0 aliphatic heterocycles. The van der Waals surface area contributed by atoms with Gasteiger partial charge in [-0.05, 0) is 11.3 Å². The van der Waals surface area contributed by atoms with Gasteiger partial charge in [0.25, 0.3) is 0 Å². The lowest BCUT2D eigenvalue weighted by atomic mass is 9.83.